The van der Waals surface area contributed by atoms with Gasteiger partial charge in [0.2, 0.25) is 0 Å². The van der Waals surface area contributed by atoms with Crippen molar-refractivity contribution in [2.45, 2.75) is 25.3 Å². The number of aromatic nitrogens is 1. The molecule has 1 aliphatic heterocycles. The Morgan fingerprint density at radius 1 is 1.55 bits per heavy atom. The molecule has 0 aromatic carbocycles. The molecule has 0 saturated carbocycles. The van der Waals surface area contributed by atoms with Crippen LogP contribution in [0.3, 0.4) is 0 Å². The molecule has 0 aliphatic carbocycles. The summed E-state index contributed by atoms with van der Waals surface area (Å²) in [7, 11) is 0. The molecule has 2 heterocycles. The molecule has 1 saturated heterocycles. The zero-order valence-electron chi connectivity index (χ0n) is 6.64. The Morgan fingerprint density at radius 3 is 3.18 bits per heavy atom. The normalized spacial score (nSPS) is 24.2. The standard InChI is InChI=1S/C9H14N2/c1-2-9(11-4-1)6-8-3-5-10-7-8/h3,5,7,9-11H,1-2,4,6H2/t9-/m1/s1. The third kappa shape index (κ3) is 1.63. The summed E-state index contributed by atoms with van der Waals surface area (Å²) in [6.45, 7) is 1.20. The molecule has 2 rings (SSSR count). The summed E-state index contributed by atoms with van der Waals surface area (Å²) in [4.78, 5) is 3.08. The molecule has 1 aliphatic rings. The Kier molecular flexibility index (Phi) is 1.95. The monoisotopic (exact) mass is 150 g/mol. The van der Waals surface area contributed by atoms with Crippen molar-refractivity contribution >= 4 is 0 Å². The van der Waals surface area contributed by atoms with Gasteiger partial charge in [0.1, 0.15) is 0 Å². The molecule has 1 aromatic heterocycles. The van der Waals surface area contributed by atoms with Gasteiger partial charge < -0.3 is 10.3 Å². The number of hydrogen-bond donors (Lipinski definition) is 2. The van der Waals surface area contributed by atoms with Crippen LogP contribution >= 0.6 is 0 Å². The van der Waals surface area contributed by atoms with Gasteiger partial charge in [-0.15, -0.1) is 0 Å². The average Bonchev–Trinajstić information content (AvgIpc) is 2.60. The number of hydrogen-bond acceptors (Lipinski definition) is 1. The van der Waals surface area contributed by atoms with E-state index in [-0.39, 0.29) is 0 Å². The van der Waals surface area contributed by atoms with E-state index in [4.69, 9.17) is 0 Å². The Bertz CT molecular complexity index is 197. The molecule has 60 valence electrons. The van der Waals surface area contributed by atoms with Crippen LogP contribution in [-0.4, -0.2) is 17.6 Å². The van der Waals surface area contributed by atoms with Gasteiger partial charge in [-0.2, -0.15) is 0 Å². The zero-order chi connectivity index (χ0) is 7.52. The number of H-pyrrole nitrogens is 1. The fourth-order valence-electron chi connectivity index (χ4n) is 1.70. The van der Waals surface area contributed by atoms with E-state index in [0.29, 0.717) is 0 Å². The van der Waals surface area contributed by atoms with Crippen molar-refractivity contribution in [2.75, 3.05) is 6.54 Å². The van der Waals surface area contributed by atoms with E-state index in [9.17, 15) is 0 Å². The van der Waals surface area contributed by atoms with Gasteiger partial charge in [-0.3, -0.25) is 0 Å². The minimum atomic E-state index is 0.728. The zero-order valence-corrected chi connectivity index (χ0v) is 6.64. The van der Waals surface area contributed by atoms with Crippen LogP contribution in [0.1, 0.15) is 18.4 Å². The predicted octanol–water partition coefficient (Wildman–Crippen LogP) is 1.31. The van der Waals surface area contributed by atoms with Crippen LogP contribution in [0.5, 0.6) is 0 Å². The lowest BCUT2D eigenvalue weighted by molar-refractivity contribution is 0.603. The van der Waals surface area contributed by atoms with Crippen LogP contribution in [-0.2, 0) is 6.42 Å². The lowest BCUT2D eigenvalue weighted by Gasteiger charge is -2.06. The van der Waals surface area contributed by atoms with E-state index < -0.39 is 0 Å². The SMILES string of the molecule is c1cc(C[C@H]2CCCN2)c[nH]1. The highest BCUT2D eigenvalue weighted by Crippen LogP contribution is 2.10. The molecule has 0 amide bonds. The summed E-state index contributed by atoms with van der Waals surface area (Å²) < 4.78 is 0. The van der Waals surface area contributed by atoms with Crippen LogP contribution in [0.4, 0.5) is 0 Å². The molecular weight excluding hydrogens is 136 g/mol. The highest BCUT2D eigenvalue weighted by atomic mass is 14.9. The molecule has 0 spiro atoms. The van der Waals surface area contributed by atoms with Gasteiger partial charge in [0, 0.05) is 18.4 Å². The van der Waals surface area contributed by atoms with E-state index in [1.165, 1.54) is 31.4 Å². The predicted molar refractivity (Wildman–Crippen MR) is 45.5 cm³/mol. The largest absolute Gasteiger partial charge is 0.367 e. The first-order valence-corrected chi connectivity index (χ1v) is 4.30. The summed E-state index contributed by atoms with van der Waals surface area (Å²) in [5.41, 5.74) is 1.42. The summed E-state index contributed by atoms with van der Waals surface area (Å²) in [6.07, 6.45) is 7.94. The summed E-state index contributed by atoms with van der Waals surface area (Å²) in [6, 6.07) is 2.88. The van der Waals surface area contributed by atoms with E-state index in [2.05, 4.69) is 22.6 Å². The van der Waals surface area contributed by atoms with Crippen molar-refractivity contribution in [1.29, 1.82) is 0 Å². The molecule has 1 fully saturated rings. The summed E-state index contributed by atoms with van der Waals surface area (Å²) in [5, 5.41) is 3.48. The molecule has 1 atom stereocenters. The van der Waals surface area contributed by atoms with Crippen molar-refractivity contribution in [3.63, 3.8) is 0 Å². The first kappa shape index (κ1) is 6.92. The summed E-state index contributed by atoms with van der Waals surface area (Å²) in [5.74, 6) is 0. The smallest absolute Gasteiger partial charge is 0.0108 e. The molecule has 0 radical (unpaired) electrons. The van der Waals surface area contributed by atoms with Crippen LogP contribution in [0, 0.1) is 0 Å². The lowest BCUT2D eigenvalue weighted by atomic mass is 10.1. The van der Waals surface area contributed by atoms with Crippen LogP contribution < -0.4 is 5.32 Å². The molecule has 1 aromatic rings. The van der Waals surface area contributed by atoms with Crippen molar-refractivity contribution in [3.05, 3.63) is 24.0 Å². The highest BCUT2D eigenvalue weighted by Gasteiger charge is 2.13. The van der Waals surface area contributed by atoms with Crippen molar-refractivity contribution in [1.82, 2.24) is 10.3 Å². The van der Waals surface area contributed by atoms with Gasteiger partial charge in [-0.25, -0.2) is 0 Å². The van der Waals surface area contributed by atoms with Crippen LogP contribution in [0.25, 0.3) is 0 Å². The molecule has 2 heteroatoms. The molecule has 11 heavy (non-hydrogen) atoms. The number of nitrogens with one attached hydrogen (secondary N) is 2. The van der Waals surface area contributed by atoms with E-state index in [0.717, 1.165) is 6.04 Å². The van der Waals surface area contributed by atoms with E-state index >= 15 is 0 Å². The number of aromatic amines is 1. The minimum absolute atomic E-state index is 0.728. The fraction of sp³-hybridized carbons (Fsp3) is 0.556. The highest BCUT2D eigenvalue weighted by molar-refractivity contribution is 5.10. The van der Waals surface area contributed by atoms with Gasteiger partial charge in [-0.05, 0) is 37.4 Å². The van der Waals surface area contributed by atoms with Crippen molar-refractivity contribution < 1.29 is 0 Å². The third-order valence-electron chi connectivity index (χ3n) is 2.31. The second-order valence-electron chi connectivity index (χ2n) is 3.22. The maximum absolute atomic E-state index is 3.48. The molecule has 2 nitrogen and oxygen atoms in total. The Hall–Kier alpha value is -0.760. The quantitative estimate of drug-likeness (QED) is 0.653. The maximum Gasteiger partial charge on any atom is 0.0108 e. The van der Waals surface area contributed by atoms with Gasteiger partial charge in [0.05, 0.1) is 0 Å². The van der Waals surface area contributed by atoms with Crippen molar-refractivity contribution in [2.24, 2.45) is 0 Å². The number of rotatable bonds is 2. The Balaban J connectivity index is 1.90. The second-order valence-corrected chi connectivity index (χ2v) is 3.22. The van der Waals surface area contributed by atoms with Gasteiger partial charge in [-0.1, -0.05) is 0 Å². The Morgan fingerprint density at radius 2 is 2.55 bits per heavy atom. The van der Waals surface area contributed by atoms with Gasteiger partial charge in [0.25, 0.3) is 0 Å². The average molecular weight is 150 g/mol. The first-order chi connectivity index (χ1) is 5.45. The molecular formula is C9H14N2. The summed E-state index contributed by atoms with van der Waals surface area (Å²) >= 11 is 0. The Labute approximate surface area is 67.0 Å². The molecule has 0 bridgehead atoms. The topological polar surface area (TPSA) is 27.8 Å². The van der Waals surface area contributed by atoms with Crippen LogP contribution in [0.2, 0.25) is 0 Å². The van der Waals surface area contributed by atoms with Crippen molar-refractivity contribution in [3.8, 4) is 0 Å². The third-order valence-corrected chi connectivity index (χ3v) is 2.31. The first-order valence-electron chi connectivity index (χ1n) is 4.30. The van der Waals surface area contributed by atoms with Gasteiger partial charge >= 0.3 is 0 Å². The fourth-order valence-corrected chi connectivity index (χ4v) is 1.70. The molecule has 2 N–H and O–H groups in total. The van der Waals surface area contributed by atoms with Gasteiger partial charge in [0.15, 0.2) is 0 Å². The minimum Gasteiger partial charge on any atom is -0.367 e. The molecule has 0 unspecified atom stereocenters. The van der Waals surface area contributed by atoms with E-state index in [1.807, 2.05) is 6.20 Å². The second kappa shape index (κ2) is 3.09. The van der Waals surface area contributed by atoms with Crippen LogP contribution in [0.15, 0.2) is 18.5 Å². The van der Waals surface area contributed by atoms with E-state index in [1.54, 1.807) is 0 Å². The lowest BCUT2D eigenvalue weighted by Crippen LogP contribution is -2.23. The maximum atomic E-state index is 3.48.